The van der Waals surface area contributed by atoms with Gasteiger partial charge in [0.15, 0.2) is 0 Å². The number of nitrogens with two attached hydrogens (primary N) is 1. The van der Waals surface area contributed by atoms with E-state index < -0.39 is 0 Å². The fourth-order valence-corrected chi connectivity index (χ4v) is 1.26. The predicted octanol–water partition coefficient (Wildman–Crippen LogP) is 0.858. The fourth-order valence-electron chi connectivity index (χ4n) is 1.26. The third-order valence-corrected chi connectivity index (χ3v) is 1.73. The molecule has 5 heteroatoms. The molecule has 0 saturated carbocycles. The van der Waals surface area contributed by atoms with Gasteiger partial charge < -0.3 is 10.5 Å². The van der Waals surface area contributed by atoms with Gasteiger partial charge in [0.25, 0.3) is 0 Å². The normalized spacial score (nSPS) is 11.1. The zero-order valence-electron chi connectivity index (χ0n) is 8.61. The predicted molar refractivity (Wildman–Crippen MR) is 54.6 cm³/mol. The monoisotopic (exact) mass is 194 g/mol. The second kappa shape index (κ2) is 4.66. The van der Waals surface area contributed by atoms with Crippen molar-refractivity contribution in [3.8, 4) is 0 Å². The Hall–Kier alpha value is -1.49. The lowest BCUT2D eigenvalue weighted by Gasteiger charge is -2.06. The van der Waals surface area contributed by atoms with Gasteiger partial charge in [-0.15, -0.1) is 0 Å². The highest BCUT2D eigenvalue weighted by Gasteiger charge is 2.08. The van der Waals surface area contributed by atoms with Gasteiger partial charge in [-0.2, -0.15) is 0 Å². The third kappa shape index (κ3) is 2.26. The smallest absolute Gasteiger partial charge is 0.126 e. The summed E-state index contributed by atoms with van der Waals surface area (Å²) < 4.78 is 5.02. The average Bonchev–Trinajstić information content (AvgIpc) is 2.11. The van der Waals surface area contributed by atoms with Gasteiger partial charge in [0, 0.05) is 7.11 Å². The molecule has 0 radical (unpaired) electrons. The Morgan fingerprint density at radius 3 is 2.71 bits per heavy atom. The van der Waals surface area contributed by atoms with Gasteiger partial charge in [-0.25, -0.2) is 15.0 Å². The van der Waals surface area contributed by atoms with Gasteiger partial charge in [-0.3, -0.25) is 0 Å². The van der Waals surface area contributed by atoms with Crippen LogP contribution in [0.15, 0.2) is 4.99 Å². The minimum atomic E-state index is 0.414. The molecule has 1 rings (SSSR count). The maximum atomic E-state index is 5.24. The first-order valence-electron chi connectivity index (χ1n) is 4.26. The number of nitrogens with zero attached hydrogens (tertiary/aromatic N) is 3. The minimum Gasteiger partial charge on any atom is -0.390 e. The maximum Gasteiger partial charge on any atom is 0.126 e. The highest BCUT2D eigenvalue weighted by molar-refractivity contribution is 5.61. The molecule has 0 aliphatic carbocycles. The van der Waals surface area contributed by atoms with Crippen molar-refractivity contribution in [3.63, 3.8) is 0 Å². The Balaban J connectivity index is 3.21. The summed E-state index contributed by atoms with van der Waals surface area (Å²) in [7, 11) is 1.61. The number of methoxy groups -OCH3 is 1. The van der Waals surface area contributed by atoms with Gasteiger partial charge in [0.1, 0.15) is 11.5 Å². The lowest BCUT2D eigenvalue weighted by Crippen LogP contribution is -2.01. The molecule has 0 unspecified atom stereocenters. The molecule has 1 aromatic heterocycles. The second-order valence-corrected chi connectivity index (χ2v) is 2.86. The van der Waals surface area contributed by atoms with E-state index in [9.17, 15) is 0 Å². The van der Waals surface area contributed by atoms with Crippen LogP contribution in [0.3, 0.4) is 0 Å². The van der Waals surface area contributed by atoms with Crippen molar-refractivity contribution in [2.24, 2.45) is 10.7 Å². The first kappa shape index (κ1) is 10.6. The molecular weight excluding hydrogens is 180 g/mol. The molecule has 0 aliphatic rings. The van der Waals surface area contributed by atoms with E-state index in [1.165, 1.54) is 6.34 Å². The number of aliphatic imine (C=N–C) groups is 1. The van der Waals surface area contributed by atoms with E-state index in [2.05, 4.69) is 15.0 Å². The molecule has 0 amide bonds. The maximum absolute atomic E-state index is 5.24. The molecule has 0 saturated heterocycles. The molecule has 0 aliphatic heterocycles. The third-order valence-electron chi connectivity index (χ3n) is 1.73. The topological polar surface area (TPSA) is 73.4 Å². The Bertz CT molecular complexity index is 349. The number of hydrogen-bond acceptors (Lipinski definition) is 4. The first-order valence-corrected chi connectivity index (χ1v) is 4.26. The summed E-state index contributed by atoms with van der Waals surface area (Å²) in [5.41, 5.74) is 7.51. The van der Waals surface area contributed by atoms with Crippen LogP contribution in [0, 0.1) is 13.8 Å². The van der Waals surface area contributed by atoms with Crippen LogP contribution in [0.4, 0.5) is 5.69 Å². The SMILES string of the molecule is COCc1nc(C)nc(C)c1N=CN. The molecule has 0 fully saturated rings. The zero-order chi connectivity index (χ0) is 10.6. The summed E-state index contributed by atoms with van der Waals surface area (Å²) in [4.78, 5) is 12.4. The van der Waals surface area contributed by atoms with Crippen LogP contribution in [0.2, 0.25) is 0 Å². The van der Waals surface area contributed by atoms with E-state index >= 15 is 0 Å². The molecule has 1 aromatic rings. The summed E-state index contributed by atoms with van der Waals surface area (Å²) in [6.45, 7) is 4.12. The Morgan fingerprint density at radius 2 is 2.14 bits per heavy atom. The van der Waals surface area contributed by atoms with Gasteiger partial charge in [-0.05, 0) is 13.8 Å². The van der Waals surface area contributed by atoms with E-state index in [-0.39, 0.29) is 0 Å². The van der Waals surface area contributed by atoms with Crippen molar-refractivity contribution >= 4 is 12.0 Å². The van der Waals surface area contributed by atoms with Crippen LogP contribution in [0.5, 0.6) is 0 Å². The molecule has 0 spiro atoms. The van der Waals surface area contributed by atoms with E-state index in [1.807, 2.05) is 13.8 Å². The molecule has 2 N–H and O–H groups in total. The number of aryl methyl sites for hydroxylation is 2. The molecule has 76 valence electrons. The Labute approximate surface area is 83.0 Å². The molecule has 5 nitrogen and oxygen atoms in total. The van der Waals surface area contributed by atoms with E-state index in [0.717, 1.165) is 11.4 Å². The van der Waals surface area contributed by atoms with Crippen molar-refractivity contribution in [1.29, 1.82) is 0 Å². The zero-order valence-corrected chi connectivity index (χ0v) is 8.61. The van der Waals surface area contributed by atoms with Crippen LogP contribution < -0.4 is 5.73 Å². The van der Waals surface area contributed by atoms with Crippen LogP contribution in [0.1, 0.15) is 17.2 Å². The number of hydrogen-bond donors (Lipinski definition) is 1. The number of aromatic nitrogens is 2. The molecule has 1 heterocycles. The highest BCUT2D eigenvalue weighted by Crippen LogP contribution is 2.20. The molecule has 14 heavy (non-hydrogen) atoms. The molecule has 0 atom stereocenters. The van der Waals surface area contributed by atoms with E-state index in [0.29, 0.717) is 18.1 Å². The van der Waals surface area contributed by atoms with Crippen molar-refractivity contribution < 1.29 is 4.74 Å². The van der Waals surface area contributed by atoms with Crippen molar-refractivity contribution in [2.75, 3.05) is 7.11 Å². The lowest BCUT2D eigenvalue weighted by molar-refractivity contribution is 0.181. The quantitative estimate of drug-likeness (QED) is 0.572. The van der Waals surface area contributed by atoms with E-state index in [1.54, 1.807) is 7.11 Å². The van der Waals surface area contributed by atoms with Crippen molar-refractivity contribution in [3.05, 3.63) is 17.2 Å². The summed E-state index contributed by atoms with van der Waals surface area (Å²) >= 11 is 0. The molecule has 0 bridgehead atoms. The largest absolute Gasteiger partial charge is 0.390 e. The van der Waals surface area contributed by atoms with Gasteiger partial charge in [-0.1, -0.05) is 0 Å². The van der Waals surface area contributed by atoms with Crippen molar-refractivity contribution in [2.45, 2.75) is 20.5 Å². The fraction of sp³-hybridized carbons (Fsp3) is 0.444. The van der Waals surface area contributed by atoms with Crippen LogP contribution in [-0.2, 0) is 11.3 Å². The van der Waals surface area contributed by atoms with E-state index in [4.69, 9.17) is 10.5 Å². The molecule has 0 aromatic carbocycles. The van der Waals surface area contributed by atoms with Crippen LogP contribution in [-0.4, -0.2) is 23.4 Å². The summed E-state index contributed by atoms with van der Waals surface area (Å²) in [6, 6.07) is 0. The second-order valence-electron chi connectivity index (χ2n) is 2.86. The number of ether oxygens (including phenoxy) is 1. The summed E-state index contributed by atoms with van der Waals surface area (Å²) in [5, 5.41) is 0. The summed E-state index contributed by atoms with van der Waals surface area (Å²) in [5.74, 6) is 0.713. The lowest BCUT2D eigenvalue weighted by atomic mass is 10.2. The standard InChI is InChI=1S/C9H14N4O/c1-6-9(11-5-10)8(4-14-3)13-7(2)12-6/h5H,4H2,1-3H3,(H2,10,11). The van der Waals surface area contributed by atoms with Crippen LogP contribution >= 0.6 is 0 Å². The minimum absolute atomic E-state index is 0.414. The Kier molecular flexibility index (Phi) is 3.53. The average molecular weight is 194 g/mol. The van der Waals surface area contributed by atoms with Gasteiger partial charge in [0.05, 0.1) is 24.3 Å². The van der Waals surface area contributed by atoms with Gasteiger partial charge in [0.2, 0.25) is 0 Å². The number of rotatable bonds is 3. The highest BCUT2D eigenvalue weighted by atomic mass is 16.5. The van der Waals surface area contributed by atoms with Crippen LogP contribution in [0.25, 0.3) is 0 Å². The van der Waals surface area contributed by atoms with Crippen molar-refractivity contribution in [1.82, 2.24) is 9.97 Å². The summed E-state index contributed by atoms with van der Waals surface area (Å²) in [6.07, 6.45) is 1.24. The first-order chi connectivity index (χ1) is 6.69. The van der Waals surface area contributed by atoms with Gasteiger partial charge >= 0.3 is 0 Å². The molecular formula is C9H14N4O. The Morgan fingerprint density at radius 1 is 1.43 bits per heavy atom.